The summed E-state index contributed by atoms with van der Waals surface area (Å²) in [5.74, 6) is 0.470. The summed E-state index contributed by atoms with van der Waals surface area (Å²) in [7, 11) is 0. The molecule has 0 aromatic rings. The van der Waals surface area contributed by atoms with Crippen LogP contribution in [0.5, 0.6) is 0 Å². The van der Waals surface area contributed by atoms with Gasteiger partial charge in [-0.2, -0.15) is 0 Å². The van der Waals surface area contributed by atoms with Crippen molar-refractivity contribution in [3.05, 3.63) is 0 Å². The van der Waals surface area contributed by atoms with Crippen LogP contribution in [0.3, 0.4) is 0 Å². The maximum Gasteiger partial charge on any atom is 0.293 e. The van der Waals surface area contributed by atoms with E-state index >= 15 is 0 Å². The minimum atomic E-state index is -0.404. The van der Waals surface area contributed by atoms with Crippen molar-refractivity contribution in [1.82, 2.24) is 0 Å². The van der Waals surface area contributed by atoms with Gasteiger partial charge in [0.1, 0.15) is 11.4 Å². The second-order valence-electron chi connectivity index (χ2n) is 6.16. The number of carbonyl (C=O) groups excluding carboxylic acids is 2. The molecule has 2 atom stereocenters. The summed E-state index contributed by atoms with van der Waals surface area (Å²) in [5, 5.41) is 0. The second-order valence-corrected chi connectivity index (χ2v) is 6.16. The fraction of sp³-hybridized carbons (Fsp3) is 0.857. The van der Waals surface area contributed by atoms with E-state index in [0.29, 0.717) is 12.9 Å². The van der Waals surface area contributed by atoms with Gasteiger partial charge < -0.3 is 9.53 Å². The molecule has 0 saturated heterocycles. The first-order valence-electron chi connectivity index (χ1n) is 6.43. The molecule has 0 unspecified atom stereocenters. The van der Waals surface area contributed by atoms with Gasteiger partial charge in [0.05, 0.1) is 0 Å². The molecular weight excluding hydrogens is 216 g/mol. The Morgan fingerprint density at radius 3 is 2.53 bits per heavy atom. The maximum atomic E-state index is 11.2. The lowest BCUT2D eigenvalue weighted by Gasteiger charge is -2.49. The number of ketones is 1. The lowest BCUT2D eigenvalue weighted by atomic mass is 9.60. The predicted molar refractivity (Wildman–Crippen MR) is 66.6 cm³/mol. The summed E-state index contributed by atoms with van der Waals surface area (Å²) in [6, 6.07) is 0. The van der Waals surface area contributed by atoms with Crippen molar-refractivity contribution in [1.29, 1.82) is 0 Å². The fourth-order valence-corrected chi connectivity index (χ4v) is 3.36. The third-order valence-corrected chi connectivity index (χ3v) is 4.28. The topological polar surface area (TPSA) is 43.4 Å². The lowest BCUT2D eigenvalue weighted by Crippen LogP contribution is -2.48. The molecule has 98 valence electrons. The molecule has 0 aromatic carbocycles. The maximum absolute atomic E-state index is 11.2. The van der Waals surface area contributed by atoms with Gasteiger partial charge in [-0.25, -0.2) is 0 Å². The molecule has 1 aliphatic rings. The van der Waals surface area contributed by atoms with Crippen LogP contribution < -0.4 is 0 Å². The van der Waals surface area contributed by atoms with E-state index < -0.39 is 5.60 Å². The summed E-state index contributed by atoms with van der Waals surface area (Å²) in [5.41, 5.74) is -0.273. The number of rotatable bonds is 5. The molecule has 0 amide bonds. The Morgan fingerprint density at radius 2 is 2.00 bits per heavy atom. The highest BCUT2D eigenvalue weighted by Crippen LogP contribution is 2.49. The van der Waals surface area contributed by atoms with E-state index in [2.05, 4.69) is 13.8 Å². The van der Waals surface area contributed by atoms with Crippen molar-refractivity contribution < 1.29 is 14.3 Å². The minimum Gasteiger partial charge on any atom is -0.461 e. The molecule has 0 aromatic heterocycles. The Kier molecular flexibility index (Phi) is 4.34. The van der Waals surface area contributed by atoms with Crippen LogP contribution >= 0.6 is 0 Å². The molecule has 0 radical (unpaired) electrons. The minimum absolute atomic E-state index is 0.130. The number of Topliss-reactive ketones (excluding diaryl/α,β-unsaturated/α-hetero) is 1. The number of carbonyl (C=O) groups is 2. The van der Waals surface area contributed by atoms with Crippen LogP contribution in [0.15, 0.2) is 0 Å². The van der Waals surface area contributed by atoms with Crippen molar-refractivity contribution in [3.63, 3.8) is 0 Å². The quantitative estimate of drug-likeness (QED) is 0.693. The first kappa shape index (κ1) is 14.2. The van der Waals surface area contributed by atoms with E-state index in [-0.39, 0.29) is 17.1 Å². The van der Waals surface area contributed by atoms with Gasteiger partial charge in [0, 0.05) is 12.3 Å². The van der Waals surface area contributed by atoms with Crippen molar-refractivity contribution in [2.45, 2.75) is 65.4 Å². The molecule has 0 heterocycles. The highest BCUT2D eigenvalue weighted by Gasteiger charge is 2.47. The van der Waals surface area contributed by atoms with Crippen LogP contribution in [0.4, 0.5) is 0 Å². The van der Waals surface area contributed by atoms with Crippen LogP contribution in [0.25, 0.3) is 0 Å². The third kappa shape index (κ3) is 3.30. The first-order chi connectivity index (χ1) is 7.82. The standard InChI is InChI=1S/C14H24O3/c1-11(16)6-7-12-13(2,3)8-5-9-14(12,4)17-10-15/h10,12H,5-9H2,1-4H3/t12-,14-/m0/s1. The molecule has 1 saturated carbocycles. The third-order valence-electron chi connectivity index (χ3n) is 4.28. The molecule has 0 aliphatic heterocycles. The van der Waals surface area contributed by atoms with Gasteiger partial charge in [-0.05, 0) is 44.9 Å². The molecule has 3 heteroatoms. The van der Waals surface area contributed by atoms with E-state index in [0.717, 1.165) is 25.7 Å². The molecule has 0 N–H and O–H groups in total. The molecule has 1 rings (SSSR count). The second kappa shape index (κ2) is 5.19. The average molecular weight is 240 g/mol. The van der Waals surface area contributed by atoms with Crippen molar-refractivity contribution >= 4 is 12.3 Å². The van der Waals surface area contributed by atoms with Crippen LogP contribution in [0.2, 0.25) is 0 Å². The van der Waals surface area contributed by atoms with Gasteiger partial charge in [0.15, 0.2) is 0 Å². The van der Waals surface area contributed by atoms with E-state index in [1.165, 1.54) is 0 Å². The molecule has 0 spiro atoms. The molecule has 0 bridgehead atoms. The molecule has 3 nitrogen and oxygen atoms in total. The number of hydrogen-bond acceptors (Lipinski definition) is 3. The van der Waals surface area contributed by atoms with Crippen LogP contribution in [-0.4, -0.2) is 17.9 Å². The number of ether oxygens (including phenoxy) is 1. The van der Waals surface area contributed by atoms with E-state index in [4.69, 9.17) is 4.74 Å². The zero-order valence-corrected chi connectivity index (χ0v) is 11.4. The fourth-order valence-electron chi connectivity index (χ4n) is 3.36. The molecular formula is C14H24O3. The largest absolute Gasteiger partial charge is 0.461 e. The van der Waals surface area contributed by atoms with Gasteiger partial charge in [-0.1, -0.05) is 13.8 Å². The molecule has 1 aliphatic carbocycles. The summed E-state index contributed by atoms with van der Waals surface area (Å²) >= 11 is 0. The Balaban J connectivity index is 2.85. The summed E-state index contributed by atoms with van der Waals surface area (Å²) in [6.45, 7) is 8.61. The smallest absolute Gasteiger partial charge is 0.293 e. The monoisotopic (exact) mass is 240 g/mol. The van der Waals surface area contributed by atoms with Gasteiger partial charge in [0.2, 0.25) is 0 Å². The summed E-state index contributed by atoms with van der Waals surface area (Å²) < 4.78 is 5.36. The zero-order chi connectivity index (χ0) is 13.1. The highest BCUT2D eigenvalue weighted by atomic mass is 16.5. The Labute approximate surface area is 104 Å². The Morgan fingerprint density at radius 1 is 1.35 bits per heavy atom. The van der Waals surface area contributed by atoms with Crippen LogP contribution in [0, 0.1) is 11.3 Å². The Bertz CT molecular complexity index is 296. The van der Waals surface area contributed by atoms with Gasteiger partial charge in [-0.15, -0.1) is 0 Å². The Hall–Kier alpha value is -0.860. The van der Waals surface area contributed by atoms with Crippen molar-refractivity contribution in [3.8, 4) is 0 Å². The van der Waals surface area contributed by atoms with E-state index in [1.54, 1.807) is 6.92 Å². The summed E-state index contributed by atoms with van der Waals surface area (Å²) in [4.78, 5) is 21.8. The van der Waals surface area contributed by atoms with Crippen LogP contribution in [0.1, 0.15) is 59.8 Å². The van der Waals surface area contributed by atoms with Crippen molar-refractivity contribution in [2.24, 2.45) is 11.3 Å². The first-order valence-corrected chi connectivity index (χ1v) is 6.43. The van der Waals surface area contributed by atoms with Crippen LogP contribution in [-0.2, 0) is 14.3 Å². The van der Waals surface area contributed by atoms with E-state index in [1.807, 2.05) is 6.92 Å². The molecule has 17 heavy (non-hydrogen) atoms. The average Bonchev–Trinajstić information content (AvgIpc) is 2.15. The lowest BCUT2D eigenvalue weighted by molar-refractivity contribution is -0.162. The number of hydrogen-bond donors (Lipinski definition) is 0. The normalized spacial score (nSPS) is 31.9. The van der Waals surface area contributed by atoms with Gasteiger partial charge in [0.25, 0.3) is 6.47 Å². The highest BCUT2D eigenvalue weighted by molar-refractivity contribution is 5.75. The predicted octanol–water partition coefficient (Wildman–Crippen LogP) is 3.11. The van der Waals surface area contributed by atoms with E-state index in [9.17, 15) is 9.59 Å². The molecule has 1 fully saturated rings. The summed E-state index contributed by atoms with van der Waals surface area (Å²) in [6.07, 6.45) is 4.50. The van der Waals surface area contributed by atoms with Crippen molar-refractivity contribution in [2.75, 3.05) is 0 Å². The van der Waals surface area contributed by atoms with Gasteiger partial charge in [-0.3, -0.25) is 4.79 Å². The SMILES string of the molecule is CC(=O)CC[C@H]1C(C)(C)CCC[C@]1(C)OC=O. The van der Waals surface area contributed by atoms with Gasteiger partial charge >= 0.3 is 0 Å². The zero-order valence-electron chi connectivity index (χ0n) is 11.4.